The van der Waals surface area contributed by atoms with Gasteiger partial charge in [0.2, 0.25) is 0 Å². The van der Waals surface area contributed by atoms with Crippen LogP contribution in [0.25, 0.3) is 0 Å². The maximum atomic E-state index is 6.23. The summed E-state index contributed by atoms with van der Waals surface area (Å²) in [6, 6.07) is 13.4. The molecule has 1 N–H and O–H groups in total. The summed E-state index contributed by atoms with van der Waals surface area (Å²) in [5.41, 5.74) is 2.02. The van der Waals surface area contributed by atoms with Gasteiger partial charge in [0.25, 0.3) is 0 Å². The molecule has 0 atom stereocenters. The second kappa shape index (κ2) is 7.53. The van der Waals surface area contributed by atoms with Crippen LogP contribution in [0.1, 0.15) is 18.1 Å². The van der Waals surface area contributed by atoms with Crippen molar-refractivity contribution in [2.45, 2.75) is 20.1 Å². The number of nitrogens with one attached hydrogen (secondary N) is 1. The highest BCUT2D eigenvalue weighted by Gasteiger charge is 2.08. The molecule has 2 aromatic rings. The Bertz CT molecular complexity index is 572. The van der Waals surface area contributed by atoms with Crippen molar-refractivity contribution in [3.63, 3.8) is 0 Å². The molecule has 0 radical (unpaired) electrons. The number of hydrogen-bond donors (Lipinski definition) is 1. The molecule has 0 aliphatic heterocycles. The summed E-state index contributed by atoms with van der Waals surface area (Å²) in [5.74, 6) is 0.804. The van der Waals surface area contributed by atoms with E-state index in [2.05, 4.69) is 12.2 Å². The standard InChI is InChI=1S/C16H17Cl2NO/c1-2-19-10-14-15(18)7-4-8-16(14)20-11-12-5-3-6-13(17)9-12/h3-9,19H,2,10-11H2,1H3. The Balaban J connectivity index is 2.10. The second-order valence-corrected chi connectivity index (χ2v) is 5.26. The van der Waals surface area contributed by atoms with Gasteiger partial charge in [-0.1, -0.05) is 48.3 Å². The molecule has 0 unspecified atom stereocenters. The van der Waals surface area contributed by atoms with E-state index in [0.717, 1.165) is 28.4 Å². The lowest BCUT2D eigenvalue weighted by molar-refractivity contribution is 0.302. The van der Waals surface area contributed by atoms with Crippen molar-refractivity contribution in [3.8, 4) is 5.75 Å². The Hall–Kier alpha value is -1.22. The van der Waals surface area contributed by atoms with E-state index < -0.39 is 0 Å². The van der Waals surface area contributed by atoms with Crippen LogP contribution in [-0.2, 0) is 13.2 Å². The fourth-order valence-electron chi connectivity index (χ4n) is 1.88. The lowest BCUT2D eigenvalue weighted by Gasteiger charge is -2.13. The monoisotopic (exact) mass is 309 g/mol. The molecule has 4 heteroatoms. The van der Waals surface area contributed by atoms with Crippen molar-refractivity contribution in [2.24, 2.45) is 0 Å². The van der Waals surface area contributed by atoms with E-state index in [1.807, 2.05) is 42.5 Å². The van der Waals surface area contributed by atoms with Crippen LogP contribution < -0.4 is 10.1 Å². The first-order chi connectivity index (χ1) is 9.70. The van der Waals surface area contributed by atoms with E-state index in [4.69, 9.17) is 27.9 Å². The topological polar surface area (TPSA) is 21.3 Å². The van der Waals surface area contributed by atoms with Gasteiger partial charge in [0.15, 0.2) is 0 Å². The van der Waals surface area contributed by atoms with Gasteiger partial charge < -0.3 is 10.1 Å². The molecule has 0 fully saturated rings. The van der Waals surface area contributed by atoms with E-state index >= 15 is 0 Å². The van der Waals surface area contributed by atoms with Gasteiger partial charge in [0, 0.05) is 22.2 Å². The van der Waals surface area contributed by atoms with Gasteiger partial charge in [-0.15, -0.1) is 0 Å². The normalized spacial score (nSPS) is 10.6. The Labute approximate surface area is 129 Å². The highest BCUT2D eigenvalue weighted by molar-refractivity contribution is 6.31. The molecule has 0 bridgehead atoms. The van der Waals surface area contributed by atoms with Crippen molar-refractivity contribution in [3.05, 3.63) is 63.6 Å². The molecule has 0 saturated carbocycles. The first-order valence-electron chi connectivity index (χ1n) is 6.56. The smallest absolute Gasteiger partial charge is 0.125 e. The molecule has 0 heterocycles. The van der Waals surface area contributed by atoms with Gasteiger partial charge in [0.1, 0.15) is 12.4 Å². The molecule has 0 aliphatic rings. The number of halogens is 2. The average Bonchev–Trinajstić information content (AvgIpc) is 2.44. The Morgan fingerprint density at radius 3 is 2.65 bits per heavy atom. The summed E-state index contributed by atoms with van der Waals surface area (Å²) in [6.45, 7) is 4.11. The Morgan fingerprint density at radius 1 is 1.10 bits per heavy atom. The minimum Gasteiger partial charge on any atom is -0.489 e. The first kappa shape index (κ1) is 15.2. The maximum Gasteiger partial charge on any atom is 0.125 e. The second-order valence-electron chi connectivity index (χ2n) is 4.42. The van der Waals surface area contributed by atoms with Crippen molar-refractivity contribution >= 4 is 23.2 Å². The van der Waals surface area contributed by atoms with Crippen LogP contribution in [0.3, 0.4) is 0 Å². The minimum absolute atomic E-state index is 0.472. The molecule has 0 saturated heterocycles. The van der Waals surface area contributed by atoms with Gasteiger partial charge in [-0.25, -0.2) is 0 Å². The van der Waals surface area contributed by atoms with Gasteiger partial charge in [-0.05, 0) is 36.4 Å². The van der Waals surface area contributed by atoms with E-state index in [0.29, 0.717) is 18.2 Å². The molecule has 0 spiro atoms. The molecule has 2 rings (SSSR count). The van der Waals surface area contributed by atoms with Crippen LogP contribution in [0.5, 0.6) is 5.75 Å². The molecule has 20 heavy (non-hydrogen) atoms. The molecule has 2 nitrogen and oxygen atoms in total. The SMILES string of the molecule is CCNCc1c(Cl)cccc1OCc1cccc(Cl)c1. The summed E-state index contributed by atoms with van der Waals surface area (Å²) >= 11 is 12.2. The van der Waals surface area contributed by atoms with Crippen molar-refractivity contribution in [2.75, 3.05) is 6.54 Å². The van der Waals surface area contributed by atoms with E-state index in [-0.39, 0.29) is 0 Å². The van der Waals surface area contributed by atoms with Gasteiger partial charge in [-0.3, -0.25) is 0 Å². The minimum atomic E-state index is 0.472. The molecule has 0 aromatic heterocycles. The van der Waals surface area contributed by atoms with Crippen LogP contribution in [0.4, 0.5) is 0 Å². The van der Waals surface area contributed by atoms with Gasteiger partial charge in [-0.2, -0.15) is 0 Å². The van der Waals surface area contributed by atoms with Crippen LogP contribution >= 0.6 is 23.2 Å². The molecule has 2 aromatic carbocycles. The summed E-state index contributed by atoms with van der Waals surface area (Å²) in [7, 11) is 0. The largest absolute Gasteiger partial charge is 0.489 e. The van der Waals surface area contributed by atoms with Crippen LogP contribution in [0.2, 0.25) is 10.0 Å². The first-order valence-corrected chi connectivity index (χ1v) is 7.31. The predicted molar refractivity (Wildman–Crippen MR) is 84.6 cm³/mol. The highest BCUT2D eigenvalue weighted by atomic mass is 35.5. The van der Waals surface area contributed by atoms with Crippen LogP contribution in [0, 0.1) is 0 Å². The van der Waals surface area contributed by atoms with Crippen LogP contribution in [-0.4, -0.2) is 6.54 Å². The summed E-state index contributed by atoms with van der Waals surface area (Å²) in [6.07, 6.45) is 0. The summed E-state index contributed by atoms with van der Waals surface area (Å²) in [5, 5.41) is 4.70. The third kappa shape index (κ3) is 4.14. The fourth-order valence-corrected chi connectivity index (χ4v) is 2.33. The zero-order valence-corrected chi connectivity index (χ0v) is 12.8. The molecular formula is C16H17Cl2NO. The Kier molecular flexibility index (Phi) is 5.72. The molecular weight excluding hydrogens is 293 g/mol. The van der Waals surface area contributed by atoms with E-state index in [1.165, 1.54) is 0 Å². The van der Waals surface area contributed by atoms with Gasteiger partial charge >= 0.3 is 0 Å². The number of benzene rings is 2. The summed E-state index contributed by atoms with van der Waals surface area (Å²) in [4.78, 5) is 0. The number of rotatable bonds is 6. The van der Waals surface area contributed by atoms with E-state index in [1.54, 1.807) is 0 Å². The van der Waals surface area contributed by atoms with E-state index in [9.17, 15) is 0 Å². The van der Waals surface area contributed by atoms with Crippen molar-refractivity contribution < 1.29 is 4.74 Å². The molecule has 0 aliphatic carbocycles. The summed E-state index contributed by atoms with van der Waals surface area (Å²) < 4.78 is 5.87. The number of hydrogen-bond acceptors (Lipinski definition) is 2. The third-order valence-corrected chi connectivity index (χ3v) is 3.50. The highest BCUT2D eigenvalue weighted by Crippen LogP contribution is 2.27. The fraction of sp³-hybridized carbons (Fsp3) is 0.250. The third-order valence-electron chi connectivity index (χ3n) is 2.91. The Morgan fingerprint density at radius 2 is 1.90 bits per heavy atom. The van der Waals surface area contributed by atoms with Crippen molar-refractivity contribution in [1.82, 2.24) is 5.32 Å². The molecule has 106 valence electrons. The number of ether oxygens (including phenoxy) is 1. The van der Waals surface area contributed by atoms with Crippen LogP contribution in [0.15, 0.2) is 42.5 Å². The average molecular weight is 310 g/mol. The maximum absolute atomic E-state index is 6.23. The zero-order valence-electron chi connectivity index (χ0n) is 11.3. The molecule has 0 amide bonds. The zero-order chi connectivity index (χ0) is 14.4. The lowest BCUT2D eigenvalue weighted by atomic mass is 10.2. The predicted octanol–water partition coefficient (Wildman–Crippen LogP) is 4.68. The van der Waals surface area contributed by atoms with Crippen molar-refractivity contribution in [1.29, 1.82) is 0 Å². The lowest BCUT2D eigenvalue weighted by Crippen LogP contribution is -2.13. The quantitative estimate of drug-likeness (QED) is 0.836. The van der Waals surface area contributed by atoms with Gasteiger partial charge in [0.05, 0.1) is 0 Å².